The van der Waals surface area contributed by atoms with E-state index in [0.717, 1.165) is 22.0 Å². The molecule has 0 atom stereocenters. The molecule has 0 radical (unpaired) electrons. The fourth-order valence-electron chi connectivity index (χ4n) is 1.58. The van der Waals surface area contributed by atoms with Crippen molar-refractivity contribution in [2.24, 2.45) is 0 Å². The Labute approximate surface area is 124 Å². The molecule has 2 aromatic carbocycles. The summed E-state index contributed by atoms with van der Waals surface area (Å²) < 4.78 is 2.21. The van der Waals surface area contributed by atoms with Gasteiger partial charge in [-0.25, -0.2) is 0 Å². The summed E-state index contributed by atoms with van der Waals surface area (Å²) in [6.07, 6.45) is 0. The van der Waals surface area contributed by atoms with Gasteiger partial charge < -0.3 is 0 Å². The monoisotopic (exact) mass is 368 g/mol. The number of hydrogen-bond acceptors (Lipinski definition) is 2. The summed E-state index contributed by atoms with van der Waals surface area (Å²) in [7, 11) is 0. The molecule has 0 unspecified atom stereocenters. The Morgan fingerprint density at radius 2 is 1.39 bits per heavy atom. The van der Waals surface area contributed by atoms with Crippen LogP contribution < -0.4 is 10.9 Å². The molecule has 0 fully saturated rings. The molecule has 0 aromatic heterocycles. The van der Waals surface area contributed by atoms with Gasteiger partial charge in [-0.05, 0) is 35.4 Å². The summed E-state index contributed by atoms with van der Waals surface area (Å²) in [4.78, 5) is 0. The van der Waals surface area contributed by atoms with Gasteiger partial charge in [-0.3, -0.25) is 10.9 Å². The Balaban J connectivity index is 1.74. The van der Waals surface area contributed by atoms with Crippen molar-refractivity contribution < 1.29 is 0 Å². The van der Waals surface area contributed by atoms with E-state index >= 15 is 0 Å². The molecule has 0 saturated heterocycles. The lowest BCUT2D eigenvalue weighted by molar-refractivity contribution is 0.529. The summed E-state index contributed by atoms with van der Waals surface area (Å²) in [5.41, 5.74) is 8.91. The van der Waals surface area contributed by atoms with Crippen LogP contribution in [-0.2, 0) is 13.1 Å². The van der Waals surface area contributed by atoms with Gasteiger partial charge in [0.1, 0.15) is 0 Å². The van der Waals surface area contributed by atoms with E-state index in [9.17, 15) is 0 Å². The van der Waals surface area contributed by atoms with Crippen LogP contribution in [0.1, 0.15) is 11.1 Å². The van der Waals surface area contributed by atoms with Crippen molar-refractivity contribution >= 4 is 31.9 Å². The van der Waals surface area contributed by atoms with Gasteiger partial charge in [-0.15, -0.1) is 0 Å². The van der Waals surface area contributed by atoms with Crippen molar-refractivity contribution in [2.75, 3.05) is 0 Å². The molecule has 2 aromatic rings. The molecule has 94 valence electrons. The highest BCUT2D eigenvalue weighted by Crippen LogP contribution is 2.11. The molecular weight excluding hydrogens is 356 g/mol. The van der Waals surface area contributed by atoms with Crippen molar-refractivity contribution in [1.82, 2.24) is 10.9 Å². The summed E-state index contributed by atoms with van der Waals surface area (Å²) >= 11 is 6.89. The van der Waals surface area contributed by atoms with Gasteiger partial charge in [0.2, 0.25) is 0 Å². The molecule has 4 heteroatoms. The minimum Gasteiger partial charge on any atom is -0.253 e. The molecule has 2 N–H and O–H groups in total. The maximum atomic E-state index is 3.46. The van der Waals surface area contributed by atoms with Crippen LogP contribution in [0.3, 0.4) is 0 Å². The van der Waals surface area contributed by atoms with Crippen molar-refractivity contribution in [1.29, 1.82) is 0 Å². The predicted octanol–water partition coefficient (Wildman–Crippen LogP) is 4.01. The van der Waals surface area contributed by atoms with Crippen molar-refractivity contribution in [3.8, 4) is 0 Å². The van der Waals surface area contributed by atoms with Crippen LogP contribution in [0.5, 0.6) is 0 Å². The lowest BCUT2D eigenvalue weighted by Gasteiger charge is -2.07. The topological polar surface area (TPSA) is 24.1 Å². The van der Waals surface area contributed by atoms with E-state index in [1.807, 2.05) is 24.3 Å². The number of benzene rings is 2. The van der Waals surface area contributed by atoms with E-state index in [1.165, 1.54) is 11.1 Å². The third kappa shape index (κ3) is 4.53. The van der Waals surface area contributed by atoms with Gasteiger partial charge in [0, 0.05) is 22.0 Å². The Bertz CT molecular complexity index is 497. The standard InChI is InChI=1S/C14H14Br2N2/c15-13-6-4-11(5-7-13)9-17-18-10-12-2-1-3-14(16)8-12/h1-8,17-18H,9-10H2. The summed E-state index contributed by atoms with van der Waals surface area (Å²) in [5, 5.41) is 0. The fourth-order valence-corrected chi connectivity index (χ4v) is 2.29. The number of hydrazine groups is 1. The third-order valence-electron chi connectivity index (χ3n) is 2.51. The Hall–Kier alpha value is -0.680. The average Bonchev–Trinajstić information content (AvgIpc) is 2.37. The zero-order valence-electron chi connectivity index (χ0n) is 9.79. The second-order valence-corrected chi connectivity index (χ2v) is 5.79. The van der Waals surface area contributed by atoms with E-state index in [-0.39, 0.29) is 0 Å². The Morgan fingerprint density at radius 1 is 0.722 bits per heavy atom. The highest BCUT2D eigenvalue weighted by atomic mass is 79.9. The lowest BCUT2D eigenvalue weighted by atomic mass is 10.2. The lowest BCUT2D eigenvalue weighted by Crippen LogP contribution is -2.30. The van der Waals surface area contributed by atoms with E-state index in [2.05, 4.69) is 67.0 Å². The second kappa shape index (κ2) is 7.04. The molecule has 0 amide bonds. The van der Waals surface area contributed by atoms with Crippen LogP contribution in [0.15, 0.2) is 57.5 Å². The zero-order chi connectivity index (χ0) is 12.8. The normalized spacial score (nSPS) is 10.6. The molecule has 2 nitrogen and oxygen atoms in total. The molecule has 0 saturated carbocycles. The first-order valence-electron chi connectivity index (χ1n) is 5.68. The van der Waals surface area contributed by atoms with Crippen LogP contribution >= 0.6 is 31.9 Å². The van der Waals surface area contributed by atoms with E-state index in [4.69, 9.17) is 0 Å². The van der Waals surface area contributed by atoms with Gasteiger partial charge in [0.05, 0.1) is 0 Å². The maximum Gasteiger partial charge on any atom is 0.0351 e. The molecule has 0 aliphatic heterocycles. The smallest absolute Gasteiger partial charge is 0.0351 e. The van der Waals surface area contributed by atoms with Crippen LogP contribution in [0.4, 0.5) is 0 Å². The summed E-state index contributed by atoms with van der Waals surface area (Å²) in [6, 6.07) is 16.5. The van der Waals surface area contributed by atoms with Crippen molar-refractivity contribution in [2.45, 2.75) is 13.1 Å². The van der Waals surface area contributed by atoms with Gasteiger partial charge in [0.25, 0.3) is 0 Å². The highest BCUT2D eigenvalue weighted by molar-refractivity contribution is 9.10. The molecule has 18 heavy (non-hydrogen) atoms. The van der Waals surface area contributed by atoms with Crippen molar-refractivity contribution in [3.05, 3.63) is 68.6 Å². The molecule has 0 bridgehead atoms. The van der Waals surface area contributed by atoms with E-state index in [1.54, 1.807) is 0 Å². The molecule has 0 heterocycles. The highest BCUT2D eigenvalue weighted by Gasteiger charge is 1.94. The van der Waals surface area contributed by atoms with E-state index < -0.39 is 0 Å². The first kappa shape index (κ1) is 13.7. The minimum atomic E-state index is 0.802. The van der Waals surface area contributed by atoms with Crippen molar-refractivity contribution in [3.63, 3.8) is 0 Å². The third-order valence-corrected chi connectivity index (χ3v) is 3.53. The number of rotatable bonds is 5. The molecule has 0 spiro atoms. The van der Waals surface area contributed by atoms with Gasteiger partial charge in [0.15, 0.2) is 0 Å². The van der Waals surface area contributed by atoms with Gasteiger partial charge in [-0.1, -0.05) is 56.1 Å². The van der Waals surface area contributed by atoms with Crippen LogP contribution in [0.25, 0.3) is 0 Å². The zero-order valence-corrected chi connectivity index (χ0v) is 13.0. The number of hydrogen-bond donors (Lipinski definition) is 2. The number of halogens is 2. The quantitative estimate of drug-likeness (QED) is 0.614. The molecule has 2 rings (SSSR count). The van der Waals surface area contributed by atoms with Crippen LogP contribution in [0.2, 0.25) is 0 Å². The first-order valence-corrected chi connectivity index (χ1v) is 7.27. The second-order valence-electron chi connectivity index (χ2n) is 3.96. The summed E-state index contributed by atoms with van der Waals surface area (Å²) in [6.45, 7) is 1.61. The molecule has 0 aliphatic carbocycles. The maximum absolute atomic E-state index is 3.46. The first-order chi connectivity index (χ1) is 8.74. The summed E-state index contributed by atoms with van der Waals surface area (Å²) in [5.74, 6) is 0. The van der Waals surface area contributed by atoms with Gasteiger partial charge in [-0.2, -0.15) is 0 Å². The largest absolute Gasteiger partial charge is 0.253 e. The molecular formula is C14H14Br2N2. The van der Waals surface area contributed by atoms with Crippen LogP contribution in [0, 0.1) is 0 Å². The predicted molar refractivity (Wildman–Crippen MR) is 82.0 cm³/mol. The number of nitrogens with one attached hydrogen (secondary N) is 2. The Kier molecular flexibility index (Phi) is 5.38. The van der Waals surface area contributed by atoms with Crippen LogP contribution in [-0.4, -0.2) is 0 Å². The average molecular weight is 370 g/mol. The van der Waals surface area contributed by atoms with Gasteiger partial charge >= 0.3 is 0 Å². The van der Waals surface area contributed by atoms with E-state index in [0.29, 0.717) is 0 Å². The Morgan fingerprint density at radius 3 is 2.06 bits per heavy atom. The fraction of sp³-hybridized carbons (Fsp3) is 0.143. The molecule has 0 aliphatic rings. The SMILES string of the molecule is Brc1ccc(CNNCc2cccc(Br)c2)cc1. The minimum absolute atomic E-state index is 0.802.